The zero-order chi connectivity index (χ0) is 16.2. The molecular formula is C16H20BrN3O3. The van der Waals surface area contributed by atoms with Gasteiger partial charge in [-0.05, 0) is 38.0 Å². The Hall–Kier alpha value is -1.31. The van der Waals surface area contributed by atoms with E-state index >= 15 is 0 Å². The van der Waals surface area contributed by atoms with Crippen LogP contribution in [0.15, 0.2) is 27.7 Å². The summed E-state index contributed by atoms with van der Waals surface area (Å²) in [6.07, 6.45) is 2.71. The molecule has 3 aliphatic rings. The van der Waals surface area contributed by atoms with Crippen molar-refractivity contribution in [3.8, 4) is 5.75 Å². The maximum Gasteiger partial charge on any atom is 0.222 e. The van der Waals surface area contributed by atoms with E-state index in [0.29, 0.717) is 19.0 Å². The fraction of sp³-hybridized carbons (Fsp3) is 0.562. The number of rotatable bonds is 0. The lowest BCUT2D eigenvalue weighted by Gasteiger charge is -2.47. The molecule has 0 saturated carbocycles. The maximum absolute atomic E-state index is 6.37. The Bertz CT molecular complexity index is 673. The fourth-order valence-corrected chi connectivity index (χ4v) is 3.93. The van der Waals surface area contributed by atoms with Gasteiger partial charge in [-0.15, -0.1) is 0 Å². The topological polar surface area (TPSA) is 69.3 Å². The summed E-state index contributed by atoms with van der Waals surface area (Å²) in [4.78, 5) is 10.7. The van der Waals surface area contributed by atoms with E-state index in [1.165, 1.54) is 5.06 Å². The van der Waals surface area contributed by atoms with E-state index in [2.05, 4.69) is 27.8 Å². The molecule has 1 aromatic rings. The Morgan fingerprint density at radius 1 is 1.43 bits per heavy atom. The summed E-state index contributed by atoms with van der Waals surface area (Å²) in [5.74, 6) is 1.16. The lowest BCUT2D eigenvalue weighted by atomic mass is 9.80. The van der Waals surface area contributed by atoms with Crippen LogP contribution < -0.4 is 10.5 Å². The van der Waals surface area contributed by atoms with Crippen LogP contribution in [0.3, 0.4) is 0 Å². The van der Waals surface area contributed by atoms with Crippen molar-refractivity contribution < 1.29 is 14.3 Å². The third-order valence-electron chi connectivity index (χ3n) is 4.79. The normalized spacial score (nSPS) is 36.0. The van der Waals surface area contributed by atoms with Crippen LogP contribution in [-0.2, 0) is 15.3 Å². The van der Waals surface area contributed by atoms with Gasteiger partial charge in [-0.25, -0.2) is 14.9 Å². The third kappa shape index (κ3) is 2.42. The fourth-order valence-electron chi connectivity index (χ4n) is 3.56. The first-order valence-electron chi connectivity index (χ1n) is 7.80. The van der Waals surface area contributed by atoms with Crippen LogP contribution in [0.5, 0.6) is 5.75 Å². The first-order chi connectivity index (χ1) is 10.9. The molecule has 1 saturated heterocycles. The molecule has 3 unspecified atom stereocenters. The molecule has 1 aromatic carbocycles. The molecular weight excluding hydrogens is 362 g/mol. The number of benzene rings is 1. The third-order valence-corrected chi connectivity index (χ3v) is 5.29. The quantitative estimate of drug-likeness (QED) is 0.747. The summed E-state index contributed by atoms with van der Waals surface area (Å²) < 4.78 is 13.2. The van der Waals surface area contributed by atoms with Gasteiger partial charge in [-0.1, -0.05) is 15.9 Å². The van der Waals surface area contributed by atoms with Crippen LogP contribution >= 0.6 is 15.9 Å². The molecule has 4 rings (SSSR count). The van der Waals surface area contributed by atoms with Crippen molar-refractivity contribution in [2.24, 2.45) is 10.7 Å². The number of fused-ring (bicyclic) bond motifs is 2. The summed E-state index contributed by atoms with van der Waals surface area (Å²) in [5.41, 5.74) is 5.60. The van der Waals surface area contributed by atoms with Crippen molar-refractivity contribution in [1.82, 2.24) is 5.06 Å². The summed E-state index contributed by atoms with van der Waals surface area (Å²) >= 11 is 3.52. The predicted octanol–water partition coefficient (Wildman–Crippen LogP) is 2.51. The lowest BCUT2D eigenvalue weighted by Crippen LogP contribution is -2.54. The average molecular weight is 382 g/mol. The molecule has 3 aliphatic heterocycles. The minimum atomic E-state index is -0.847. The average Bonchev–Trinajstić information content (AvgIpc) is 2.79. The van der Waals surface area contributed by atoms with Crippen LogP contribution in [0, 0.1) is 0 Å². The Labute approximate surface area is 143 Å². The van der Waals surface area contributed by atoms with Gasteiger partial charge in [-0.2, -0.15) is 0 Å². The molecule has 7 heteroatoms. The van der Waals surface area contributed by atoms with Crippen molar-refractivity contribution >= 4 is 21.9 Å². The van der Waals surface area contributed by atoms with Crippen molar-refractivity contribution in [2.75, 3.05) is 13.7 Å². The molecule has 2 N–H and O–H groups in total. The molecule has 0 aliphatic carbocycles. The van der Waals surface area contributed by atoms with Gasteiger partial charge < -0.3 is 15.2 Å². The number of ether oxygens (including phenoxy) is 2. The largest absolute Gasteiger partial charge is 0.484 e. The number of hydrogen-bond acceptors (Lipinski definition) is 6. The van der Waals surface area contributed by atoms with Gasteiger partial charge in [0.15, 0.2) is 0 Å². The molecule has 6 nitrogen and oxygen atoms in total. The lowest BCUT2D eigenvalue weighted by molar-refractivity contribution is -0.220. The SMILES string of the molecule is CC1CCC2(CO1)CC1(N=C(N)N(C)O1)c1cc(Br)ccc1O2. The molecule has 1 fully saturated rings. The molecule has 0 bridgehead atoms. The van der Waals surface area contributed by atoms with Gasteiger partial charge in [-0.3, -0.25) is 0 Å². The minimum Gasteiger partial charge on any atom is -0.484 e. The van der Waals surface area contributed by atoms with Crippen molar-refractivity contribution in [3.05, 3.63) is 28.2 Å². The van der Waals surface area contributed by atoms with Crippen LogP contribution in [0.1, 0.15) is 31.7 Å². The molecule has 23 heavy (non-hydrogen) atoms. The zero-order valence-corrected chi connectivity index (χ0v) is 14.8. The van der Waals surface area contributed by atoms with Gasteiger partial charge in [0.05, 0.1) is 18.3 Å². The maximum atomic E-state index is 6.37. The number of hydroxylamine groups is 2. The molecule has 0 amide bonds. The van der Waals surface area contributed by atoms with Crippen molar-refractivity contribution in [1.29, 1.82) is 0 Å². The standard InChI is InChI=1S/C16H20BrN3O3/c1-10-5-6-15(9-21-10)8-16(19-14(18)20(2)23-16)12-7-11(17)3-4-13(12)22-15/h3-4,7,10H,5-6,8-9H2,1-2H3,(H2,18,19). The van der Waals surface area contributed by atoms with Crippen molar-refractivity contribution in [3.63, 3.8) is 0 Å². The molecule has 2 spiro atoms. The summed E-state index contributed by atoms with van der Waals surface area (Å²) in [5, 5.41) is 1.52. The van der Waals surface area contributed by atoms with E-state index in [1.54, 1.807) is 7.05 Å². The Morgan fingerprint density at radius 2 is 2.26 bits per heavy atom. The zero-order valence-electron chi connectivity index (χ0n) is 13.2. The molecule has 0 radical (unpaired) electrons. The second-order valence-corrected chi connectivity index (χ2v) is 7.52. The van der Waals surface area contributed by atoms with Crippen molar-refractivity contribution in [2.45, 2.75) is 43.6 Å². The number of nitrogens with two attached hydrogens (primary N) is 1. The highest BCUT2D eigenvalue weighted by atomic mass is 79.9. The van der Waals surface area contributed by atoms with Crippen LogP contribution in [0.25, 0.3) is 0 Å². The van der Waals surface area contributed by atoms with Gasteiger partial charge in [0, 0.05) is 17.9 Å². The number of nitrogens with zero attached hydrogens (tertiary/aromatic N) is 2. The second kappa shape index (κ2) is 5.09. The first-order valence-corrected chi connectivity index (χ1v) is 8.60. The van der Waals surface area contributed by atoms with Crippen LogP contribution in [0.4, 0.5) is 0 Å². The van der Waals surface area contributed by atoms with E-state index in [1.807, 2.05) is 18.2 Å². The molecule has 3 atom stereocenters. The highest BCUT2D eigenvalue weighted by Gasteiger charge is 2.55. The Morgan fingerprint density at radius 3 is 2.91 bits per heavy atom. The highest BCUT2D eigenvalue weighted by molar-refractivity contribution is 9.10. The number of guanidine groups is 1. The molecule has 3 heterocycles. The van der Waals surface area contributed by atoms with E-state index in [9.17, 15) is 0 Å². The minimum absolute atomic E-state index is 0.257. The van der Waals surface area contributed by atoms with E-state index in [-0.39, 0.29) is 6.10 Å². The van der Waals surface area contributed by atoms with Crippen LogP contribution in [-0.4, -0.2) is 36.4 Å². The van der Waals surface area contributed by atoms with Gasteiger partial charge in [0.1, 0.15) is 11.4 Å². The summed E-state index contributed by atoms with van der Waals surface area (Å²) in [6.45, 7) is 2.63. The van der Waals surface area contributed by atoms with Gasteiger partial charge in [0.25, 0.3) is 0 Å². The summed E-state index contributed by atoms with van der Waals surface area (Å²) in [6, 6.07) is 5.90. The second-order valence-electron chi connectivity index (χ2n) is 6.61. The van der Waals surface area contributed by atoms with Crippen LogP contribution in [0.2, 0.25) is 0 Å². The van der Waals surface area contributed by atoms with E-state index < -0.39 is 11.3 Å². The smallest absolute Gasteiger partial charge is 0.222 e. The first kappa shape index (κ1) is 15.2. The predicted molar refractivity (Wildman–Crippen MR) is 88.9 cm³/mol. The van der Waals surface area contributed by atoms with E-state index in [0.717, 1.165) is 28.6 Å². The summed E-state index contributed by atoms with van der Waals surface area (Å²) in [7, 11) is 1.77. The number of halogens is 1. The highest BCUT2D eigenvalue weighted by Crippen LogP contribution is 2.51. The molecule has 0 aromatic heterocycles. The Balaban J connectivity index is 1.81. The van der Waals surface area contributed by atoms with Gasteiger partial charge in [0.2, 0.25) is 11.7 Å². The monoisotopic (exact) mass is 381 g/mol. The number of hydrogen-bond donors (Lipinski definition) is 1. The van der Waals surface area contributed by atoms with Gasteiger partial charge >= 0.3 is 0 Å². The Kier molecular flexibility index (Phi) is 3.37. The molecule has 124 valence electrons. The number of aliphatic imine (C=N–C) groups is 1. The van der Waals surface area contributed by atoms with E-state index in [4.69, 9.17) is 20.0 Å².